The third-order valence-electron chi connectivity index (χ3n) is 1.24. The quantitative estimate of drug-likeness (QED) is 0.672. The highest BCUT2D eigenvalue weighted by atomic mass is 32.2. The van der Waals surface area contributed by atoms with E-state index in [1.165, 1.54) is 11.8 Å². The van der Waals surface area contributed by atoms with Gasteiger partial charge in [-0.1, -0.05) is 18.7 Å². The Morgan fingerprint density at radius 2 is 2.33 bits per heavy atom. The molecular weight excluding hydrogens is 174 g/mol. The second-order valence-corrected chi connectivity index (χ2v) is 3.87. The summed E-state index contributed by atoms with van der Waals surface area (Å²) in [5.74, 6) is 0.413. The number of anilines is 1. The molecule has 0 aromatic carbocycles. The van der Waals surface area contributed by atoms with Crippen LogP contribution in [0.4, 0.5) is 5.82 Å². The van der Waals surface area contributed by atoms with Gasteiger partial charge in [0.2, 0.25) is 0 Å². The van der Waals surface area contributed by atoms with Crippen molar-refractivity contribution in [1.82, 2.24) is 10.2 Å². The number of aliphatic hydroxyl groups is 1. The summed E-state index contributed by atoms with van der Waals surface area (Å²) >= 11 is 1.47. The van der Waals surface area contributed by atoms with E-state index in [2.05, 4.69) is 10.2 Å². The Bertz CT molecular complexity index is 239. The van der Waals surface area contributed by atoms with E-state index >= 15 is 0 Å². The number of hydrogen-bond donors (Lipinski definition) is 2. The van der Waals surface area contributed by atoms with Gasteiger partial charge in [-0.05, 0) is 12.1 Å². The second kappa shape index (κ2) is 4.27. The molecule has 0 saturated carbocycles. The summed E-state index contributed by atoms with van der Waals surface area (Å²) in [5, 5.41) is 17.2. The van der Waals surface area contributed by atoms with E-state index in [1.807, 2.05) is 6.92 Å². The molecule has 1 heterocycles. The fourth-order valence-corrected chi connectivity index (χ4v) is 1.36. The Morgan fingerprint density at radius 1 is 1.58 bits per heavy atom. The Labute approximate surface area is 75.2 Å². The zero-order valence-electron chi connectivity index (χ0n) is 6.77. The highest BCUT2D eigenvalue weighted by Crippen LogP contribution is 2.19. The largest absolute Gasteiger partial charge is 0.395 e. The molecule has 0 aliphatic carbocycles. The molecule has 0 radical (unpaired) electrons. The molecular formula is C7H11N3OS. The monoisotopic (exact) mass is 185 g/mol. The normalized spacial score (nSPS) is 12.8. The van der Waals surface area contributed by atoms with Crippen LogP contribution in [0.25, 0.3) is 0 Å². The van der Waals surface area contributed by atoms with Gasteiger partial charge >= 0.3 is 0 Å². The summed E-state index contributed by atoms with van der Waals surface area (Å²) in [5.41, 5.74) is 5.36. The van der Waals surface area contributed by atoms with Gasteiger partial charge in [0.25, 0.3) is 0 Å². The minimum atomic E-state index is 0.136. The first-order valence-electron chi connectivity index (χ1n) is 3.59. The molecule has 0 saturated heterocycles. The Morgan fingerprint density at radius 3 is 2.83 bits per heavy atom. The number of rotatable bonds is 3. The van der Waals surface area contributed by atoms with E-state index in [-0.39, 0.29) is 11.9 Å². The van der Waals surface area contributed by atoms with E-state index in [1.54, 1.807) is 12.1 Å². The van der Waals surface area contributed by atoms with Gasteiger partial charge in [-0.25, -0.2) is 0 Å². The number of thioether (sulfide) groups is 1. The molecule has 1 rings (SSSR count). The smallest absolute Gasteiger partial charge is 0.146 e. The number of aliphatic hydroxyl groups excluding tert-OH is 1. The van der Waals surface area contributed by atoms with Crippen molar-refractivity contribution >= 4 is 17.6 Å². The molecule has 0 aliphatic rings. The van der Waals surface area contributed by atoms with Gasteiger partial charge in [0.1, 0.15) is 10.8 Å². The number of aromatic nitrogens is 2. The van der Waals surface area contributed by atoms with Crippen molar-refractivity contribution in [2.75, 3.05) is 12.3 Å². The number of nitrogens with zero attached hydrogens (tertiary/aromatic N) is 2. The van der Waals surface area contributed by atoms with Crippen LogP contribution >= 0.6 is 11.8 Å². The van der Waals surface area contributed by atoms with E-state index in [0.717, 1.165) is 5.03 Å². The van der Waals surface area contributed by atoms with Gasteiger partial charge in [0.05, 0.1) is 6.61 Å². The lowest BCUT2D eigenvalue weighted by atomic mass is 10.5. The Balaban J connectivity index is 2.58. The number of hydrogen-bond acceptors (Lipinski definition) is 5. The molecule has 3 N–H and O–H groups in total. The SMILES string of the molecule is CC(CO)Sc1ccc(N)nn1. The van der Waals surface area contributed by atoms with Crippen LogP contribution in [-0.4, -0.2) is 27.2 Å². The highest BCUT2D eigenvalue weighted by Gasteiger charge is 2.03. The topological polar surface area (TPSA) is 72.0 Å². The van der Waals surface area contributed by atoms with Crippen LogP contribution in [0.5, 0.6) is 0 Å². The van der Waals surface area contributed by atoms with E-state index in [0.29, 0.717) is 5.82 Å². The third-order valence-corrected chi connectivity index (χ3v) is 2.25. The predicted octanol–water partition coefficient (Wildman–Crippen LogP) is 0.532. The molecule has 0 bridgehead atoms. The maximum atomic E-state index is 8.76. The lowest BCUT2D eigenvalue weighted by molar-refractivity contribution is 0.300. The van der Waals surface area contributed by atoms with Gasteiger partial charge in [-0.2, -0.15) is 0 Å². The second-order valence-electron chi connectivity index (χ2n) is 2.41. The van der Waals surface area contributed by atoms with E-state index in [9.17, 15) is 0 Å². The first-order valence-corrected chi connectivity index (χ1v) is 4.47. The zero-order valence-corrected chi connectivity index (χ0v) is 7.58. The van der Waals surface area contributed by atoms with Crippen LogP contribution in [-0.2, 0) is 0 Å². The van der Waals surface area contributed by atoms with Crippen LogP contribution in [0, 0.1) is 0 Å². The molecule has 12 heavy (non-hydrogen) atoms. The van der Waals surface area contributed by atoms with Gasteiger partial charge in [0.15, 0.2) is 0 Å². The fourth-order valence-electron chi connectivity index (χ4n) is 0.637. The molecule has 0 spiro atoms. The lowest BCUT2D eigenvalue weighted by Gasteiger charge is -2.04. The molecule has 0 amide bonds. The number of nitrogen functional groups attached to an aromatic ring is 1. The minimum absolute atomic E-state index is 0.136. The first kappa shape index (κ1) is 9.28. The Kier molecular flexibility index (Phi) is 3.31. The summed E-state index contributed by atoms with van der Waals surface area (Å²) in [6.45, 7) is 2.05. The number of nitrogens with two attached hydrogens (primary N) is 1. The minimum Gasteiger partial charge on any atom is -0.395 e. The molecule has 66 valence electrons. The fraction of sp³-hybridized carbons (Fsp3) is 0.429. The van der Waals surface area contributed by atoms with Crippen LogP contribution in [0.15, 0.2) is 17.2 Å². The molecule has 1 aromatic rings. The molecule has 4 nitrogen and oxygen atoms in total. The summed E-state index contributed by atoms with van der Waals surface area (Å²) < 4.78 is 0. The predicted molar refractivity (Wildman–Crippen MR) is 48.8 cm³/mol. The maximum absolute atomic E-state index is 8.76. The van der Waals surface area contributed by atoms with Crippen LogP contribution in [0.3, 0.4) is 0 Å². The van der Waals surface area contributed by atoms with E-state index in [4.69, 9.17) is 10.8 Å². The van der Waals surface area contributed by atoms with Gasteiger partial charge in [-0.15, -0.1) is 10.2 Å². The zero-order chi connectivity index (χ0) is 8.97. The van der Waals surface area contributed by atoms with Gasteiger partial charge in [0, 0.05) is 5.25 Å². The summed E-state index contributed by atoms with van der Waals surface area (Å²) in [6.07, 6.45) is 0. The molecule has 0 aliphatic heterocycles. The molecule has 1 unspecified atom stereocenters. The first-order chi connectivity index (χ1) is 5.72. The Hall–Kier alpha value is -0.810. The van der Waals surface area contributed by atoms with Crippen molar-refractivity contribution in [1.29, 1.82) is 0 Å². The van der Waals surface area contributed by atoms with Crippen LogP contribution in [0.2, 0.25) is 0 Å². The maximum Gasteiger partial charge on any atom is 0.146 e. The average molecular weight is 185 g/mol. The van der Waals surface area contributed by atoms with Crippen molar-refractivity contribution in [2.24, 2.45) is 0 Å². The van der Waals surface area contributed by atoms with Gasteiger partial charge in [-0.3, -0.25) is 0 Å². The summed E-state index contributed by atoms with van der Waals surface area (Å²) in [7, 11) is 0. The molecule has 1 aromatic heterocycles. The standard InChI is InChI=1S/C7H11N3OS/c1-5(4-11)12-7-3-2-6(8)9-10-7/h2-3,5,11H,4H2,1H3,(H2,8,9). The lowest BCUT2D eigenvalue weighted by Crippen LogP contribution is -2.03. The van der Waals surface area contributed by atoms with Crippen LogP contribution < -0.4 is 5.73 Å². The summed E-state index contributed by atoms with van der Waals surface area (Å²) in [6, 6.07) is 3.48. The highest BCUT2D eigenvalue weighted by molar-refractivity contribution is 7.99. The van der Waals surface area contributed by atoms with E-state index < -0.39 is 0 Å². The third kappa shape index (κ3) is 2.67. The molecule has 1 atom stereocenters. The van der Waals surface area contributed by atoms with Crippen LogP contribution in [0.1, 0.15) is 6.92 Å². The average Bonchev–Trinajstić information content (AvgIpc) is 2.09. The summed E-state index contributed by atoms with van der Waals surface area (Å²) in [4.78, 5) is 0. The van der Waals surface area contributed by atoms with Gasteiger partial charge < -0.3 is 10.8 Å². The molecule has 5 heteroatoms. The van der Waals surface area contributed by atoms with Crippen molar-refractivity contribution in [3.63, 3.8) is 0 Å². The van der Waals surface area contributed by atoms with Crippen molar-refractivity contribution in [3.8, 4) is 0 Å². The van der Waals surface area contributed by atoms with Crippen molar-refractivity contribution < 1.29 is 5.11 Å². The van der Waals surface area contributed by atoms with Crippen molar-refractivity contribution in [2.45, 2.75) is 17.2 Å². The molecule has 0 fully saturated rings. The van der Waals surface area contributed by atoms with Crippen molar-refractivity contribution in [3.05, 3.63) is 12.1 Å².